The van der Waals surface area contributed by atoms with Gasteiger partial charge in [0.05, 0.1) is 17.5 Å². The van der Waals surface area contributed by atoms with Gasteiger partial charge in [-0.05, 0) is 26.0 Å². The third kappa shape index (κ3) is 2.46. The molecule has 1 aromatic heterocycles. The summed E-state index contributed by atoms with van der Waals surface area (Å²) < 4.78 is 0. The topological polar surface area (TPSA) is 55.8 Å². The lowest BCUT2D eigenvalue weighted by Crippen LogP contribution is -2.31. The molecule has 0 unspecified atom stereocenters. The number of imidazole rings is 1. The SMILES string of the molecule is CCN(CC)C(=N)Cc1nc2ccccc2[nH]1. The molecule has 0 atom stereocenters. The second-order valence-corrected chi connectivity index (χ2v) is 4.00. The van der Waals surface area contributed by atoms with Gasteiger partial charge in [0.15, 0.2) is 0 Å². The molecule has 4 heteroatoms. The number of benzene rings is 1. The molecule has 0 aliphatic carbocycles. The van der Waals surface area contributed by atoms with Crippen molar-refractivity contribution in [1.82, 2.24) is 14.9 Å². The zero-order valence-corrected chi connectivity index (χ0v) is 10.3. The third-order valence-corrected chi connectivity index (χ3v) is 2.92. The second-order valence-electron chi connectivity index (χ2n) is 4.00. The highest BCUT2D eigenvalue weighted by atomic mass is 15.2. The molecule has 0 spiro atoms. The van der Waals surface area contributed by atoms with Crippen LogP contribution in [0.2, 0.25) is 0 Å². The van der Waals surface area contributed by atoms with Crippen molar-refractivity contribution < 1.29 is 0 Å². The summed E-state index contributed by atoms with van der Waals surface area (Å²) in [4.78, 5) is 9.77. The minimum Gasteiger partial charge on any atom is -0.361 e. The molecule has 2 N–H and O–H groups in total. The molecule has 2 aromatic rings. The van der Waals surface area contributed by atoms with Crippen LogP contribution >= 0.6 is 0 Å². The van der Waals surface area contributed by atoms with Crippen LogP contribution < -0.4 is 0 Å². The number of hydrogen-bond donors (Lipinski definition) is 2. The van der Waals surface area contributed by atoms with Gasteiger partial charge in [0.25, 0.3) is 0 Å². The monoisotopic (exact) mass is 230 g/mol. The summed E-state index contributed by atoms with van der Waals surface area (Å²) in [6.07, 6.45) is 0.566. The molecule has 90 valence electrons. The van der Waals surface area contributed by atoms with Gasteiger partial charge in [-0.25, -0.2) is 4.98 Å². The first-order valence-electron chi connectivity index (χ1n) is 6.00. The first-order chi connectivity index (χ1) is 8.24. The molecular weight excluding hydrogens is 212 g/mol. The van der Waals surface area contributed by atoms with Crippen LogP contribution in [0.5, 0.6) is 0 Å². The van der Waals surface area contributed by atoms with E-state index >= 15 is 0 Å². The van der Waals surface area contributed by atoms with E-state index in [1.54, 1.807) is 0 Å². The van der Waals surface area contributed by atoms with Crippen LogP contribution in [0.25, 0.3) is 11.0 Å². The van der Waals surface area contributed by atoms with Crippen molar-refractivity contribution in [3.05, 3.63) is 30.1 Å². The minimum absolute atomic E-state index is 0.566. The van der Waals surface area contributed by atoms with Crippen molar-refractivity contribution in [2.24, 2.45) is 0 Å². The molecule has 0 aliphatic heterocycles. The Kier molecular flexibility index (Phi) is 3.42. The number of rotatable bonds is 4. The average molecular weight is 230 g/mol. The van der Waals surface area contributed by atoms with E-state index in [9.17, 15) is 0 Å². The fraction of sp³-hybridized carbons (Fsp3) is 0.385. The lowest BCUT2D eigenvalue weighted by molar-refractivity contribution is 0.454. The third-order valence-electron chi connectivity index (χ3n) is 2.92. The maximum atomic E-state index is 8.02. The quantitative estimate of drug-likeness (QED) is 0.626. The first-order valence-corrected chi connectivity index (χ1v) is 6.00. The molecule has 4 nitrogen and oxygen atoms in total. The van der Waals surface area contributed by atoms with Gasteiger partial charge in [-0.15, -0.1) is 0 Å². The van der Waals surface area contributed by atoms with Crippen LogP contribution in [-0.2, 0) is 6.42 Å². The number of nitrogens with one attached hydrogen (secondary N) is 2. The summed E-state index contributed by atoms with van der Waals surface area (Å²) in [6, 6.07) is 7.95. The summed E-state index contributed by atoms with van der Waals surface area (Å²) in [5.74, 6) is 1.48. The standard InChI is InChI=1S/C13H18N4/c1-3-17(4-2)12(14)9-13-15-10-7-5-6-8-11(10)16-13/h5-8,14H,3-4,9H2,1-2H3,(H,15,16). The largest absolute Gasteiger partial charge is 0.361 e. The van der Waals surface area contributed by atoms with Gasteiger partial charge in [0.2, 0.25) is 0 Å². The van der Waals surface area contributed by atoms with Crippen molar-refractivity contribution in [2.75, 3.05) is 13.1 Å². The predicted octanol–water partition coefficient (Wildman–Crippen LogP) is 2.42. The molecule has 0 amide bonds. The van der Waals surface area contributed by atoms with Gasteiger partial charge < -0.3 is 9.88 Å². The van der Waals surface area contributed by atoms with Crippen molar-refractivity contribution in [3.63, 3.8) is 0 Å². The minimum atomic E-state index is 0.566. The number of likely N-dealkylation sites (N-methyl/N-ethyl adjacent to an activating group) is 1. The van der Waals surface area contributed by atoms with Gasteiger partial charge in [-0.1, -0.05) is 12.1 Å². The molecule has 0 saturated heterocycles. The number of aromatic amines is 1. The zero-order valence-electron chi connectivity index (χ0n) is 10.3. The van der Waals surface area contributed by atoms with Crippen LogP contribution in [0.1, 0.15) is 19.7 Å². The maximum absolute atomic E-state index is 8.02. The van der Waals surface area contributed by atoms with E-state index in [0.29, 0.717) is 12.3 Å². The molecule has 1 heterocycles. The smallest absolute Gasteiger partial charge is 0.114 e. The van der Waals surface area contributed by atoms with Gasteiger partial charge in [0, 0.05) is 13.1 Å². The van der Waals surface area contributed by atoms with Gasteiger partial charge in [-0.2, -0.15) is 0 Å². The lowest BCUT2D eigenvalue weighted by Gasteiger charge is -2.20. The highest BCUT2D eigenvalue weighted by molar-refractivity contribution is 5.82. The Balaban J connectivity index is 2.15. The molecule has 1 aromatic carbocycles. The van der Waals surface area contributed by atoms with Crippen molar-refractivity contribution in [2.45, 2.75) is 20.3 Å². The Hall–Kier alpha value is -1.84. The predicted molar refractivity (Wildman–Crippen MR) is 70.4 cm³/mol. The van der Waals surface area contributed by atoms with Crippen molar-refractivity contribution in [1.29, 1.82) is 5.41 Å². The summed E-state index contributed by atoms with van der Waals surface area (Å²) in [5.41, 5.74) is 2.00. The number of nitrogens with zero attached hydrogens (tertiary/aromatic N) is 2. The maximum Gasteiger partial charge on any atom is 0.114 e. The molecule has 0 bridgehead atoms. The van der Waals surface area contributed by atoms with Crippen molar-refractivity contribution in [3.8, 4) is 0 Å². The van der Waals surface area contributed by atoms with Crippen LogP contribution in [0, 0.1) is 5.41 Å². The Labute approximate surface area is 101 Å². The number of fused-ring (bicyclic) bond motifs is 1. The average Bonchev–Trinajstić information content (AvgIpc) is 2.72. The molecule has 17 heavy (non-hydrogen) atoms. The van der Waals surface area contributed by atoms with E-state index in [0.717, 1.165) is 29.9 Å². The zero-order chi connectivity index (χ0) is 12.3. The Morgan fingerprint density at radius 3 is 2.65 bits per heavy atom. The summed E-state index contributed by atoms with van der Waals surface area (Å²) >= 11 is 0. The molecular formula is C13H18N4. The summed E-state index contributed by atoms with van der Waals surface area (Å²) in [5, 5.41) is 8.02. The van der Waals surface area contributed by atoms with Crippen LogP contribution in [0.3, 0.4) is 0 Å². The number of H-pyrrole nitrogens is 1. The highest BCUT2D eigenvalue weighted by Gasteiger charge is 2.09. The van der Waals surface area contributed by atoms with Crippen LogP contribution in [0.15, 0.2) is 24.3 Å². The lowest BCUT2D eigenvalue weighted by atomic mass is 10.3. The van der Waals surface area contributed by atoms with Crippen LogP contribution in [0.4, 0.5) is 0 Å². The van der Waals surface area contributed by atoms with E-state index in [1.165, 1.54) is 0 Å². The molecule has 0 saturated carbocycles. The Morgan fingerprint density at radius 2 is 2.00 bits per heavy atom. The van der Waals surface area contributed by atoms with Gasteiger partial charge >= 0.3 is 0 Å². The Morgan fingerprint density at radius 1 is 1.29 bits per heavy atom. The fourth-order valence-corrected chi connectivity index (χ4v) is 1.97. The van der Waals surface area contributed by atoms with Gasteiger partial charge in [0.1, 0.15) is 11.7 Å². The molecule has 0 aliphatic rings. The molecule has 2 rings (SSSR count). The molecule has 0 fully saturated rings. The number of amidine groups is 1. The van der Waals surface area contributed by atoms with E-state index < -0.39 is 0 Å². The van der Waals surface area contributed by atoms with Gasteiger partial charge in [-0.3, -0.25) is 5.41 Å². The van der Waals surface area contributed by atoms with E-state index in [-0.39, 0.29) is 0 Å². The number of aromatic nitrogens is 2. The normalized spacial score (nSPS) is 10.7. The second kappa shape index (κ2) is 4.99. The first kappa shape index (κ1) is 11.6. The Bertz CT molecular complexity index is 478. The van der Waals surface area contributed by atoms with Crippen molar-refractivity contribution >= 4 is 16.9 Å². The van der Waals surface area contributed by atoms with E-state index in [1.807, 2.05) is 29.2 Å². The number of hydrogen-bond acceptors (Lipinski definition) is 2. The van der Waals surface area contributed by atoms with E-state index in [4.69, 9.17) is 5.41 Å². The van der Waals surface area contributed by atoms with E-state index in [2.05, 4.69) is 23.8 Å². The summed E-state index contributed by atoms with van der Waals surface area (Å²) in [7, 11) is 0. The van der Waals surface area contributed by atoms with Crippen LogP contribution in [-0.4, -0.2) is 33.8 Å². The highest BCUT2D eigenvalue weighted by Crippen LogP contribution is 2.11. The summed E-state index contributed by atoms with van der Waals surface area (Å²) in [6.45, 7) is 5.87. The number of para-hydroxylation sites is 2. The molecule has 0 radical (unpaired) electrons. The fourth-order valence-electron chi connectivity index (χ4n) is 1.97.